The van der Waals surface area contributed by atoms with Crippen LogP contribution in [0.5, 0.6) is 0 Å². The zero-order chi connectivity index (χ0) is 26.3. The molecule has 5 rings (SSSR count). The number of rotatable bonds is 8. The van der Waals surface area contributed by atoms with Gasteiger partial charge in [0.1, 0.15) is 11.6 Å². The van der Waals surface area contributed by atoms with E-state index < -0.39 is 11.6 Å². The van der Waals surface area contributed by atoms with Gasteiger partial charge in [-0.05, 0) is 61.1 Å². The number of carbonyl (C=O) groups excluding carboxylic acids is 2. The van der Waals surface area contributed by atoms with E-state index >= 15 is 0 Å². The Bertz CT molecular complexity index is 1280. The van der Waals surface area contributed by atoms with E-state index in [0.717, 1.165) is 41.3 Å². The fourth-order valence-electron chi connectivity index (χ4n) is 6.69. The molecule has 2 aliphatic carbocycles. The molecule has 2 amide bonds. The SMILES string of the molecule is CC(Cc1c[nH]c2ccccc12)(NC(=O)O[C@@H]1C[C@H]2CC[C@]1(C)C2(C)C)C(=O)NCCc1ccccc1. The Labute approximate surface area is 219 Å². The van der Waals surface area contributed by atoms with Gasteiger partial charge in [0.15, 0.2) is 0 Å². The van der Waals surface area contributed by atoms with Gasteiger partial charge in [-0.2, -0.15) is 0 Å². The van der Waals surface area contributed by atoms with Crippen molar-refractivity contribution >= 4 is 22.9 Å². The predicted octanol–water partition coefficient (Wildman–Crippen LogP) is 5.77. The summed E-state index contributed by atoms with van der Waals surface area (Å²) in [5, 5.41) is 7.09. The number of amides is 2. The lowest BCUT2D eigenvalue weighted by Crippen LogP contribution is -2.59. The van der Waals surface area contributed by atoms with Gasteiger partial charge in [-0.25, -0.2) is 4.79 Å². The van der Waals surface area contributed by atoms with Crippen LogP contribution < -0.4 is 10.6 Å². The Morgan fingerprint density at radius 3 is 2.51 bits per heavy atom. The number of carbonyl (C=O) groups is 2. The fraction of sp³-hybridized carbons (Fsp3) is 0.484. The second kappa shape index (κ2) is 9.55. The number of ether oxygens (including phenoxy) is 1. The second-order valence-electron chi connectivity index (χ2n) is 12.0. The molecule has 2 saturated carbocycles. The average Bonchev–Trinajstić information content (AvgIpc) is 3.43. The van der Waals surface area contributed by atoms with E-state index in [9.17, 15) is 9.59 Å². The van der Waals surface area contributed by atoms with Crippen molar-refractivity contribution in [2.45, 2.75) is 71.4 Å². The van der Waals surface area contributed by atoms with Gasteiger partial charge in [-0.15, -0.1) is 0 Å². The largest absolute Gasteiger partial charge is 0.446 e. The maximum Gasteiger partial charge on any atom is 0.408 e. The maximum atomic E-state index is 13.6. The third-order valence-electron chi connectivity index (χ3n) is 9.60. The van der Waals surface area contributed by atoms with Crippen LogP contribution in [0.2, 0.25) is 0 Å². The Hall–Kier alpha value is -3.28. The molecule has 6 nitrogen and oxygen atoms in total. The number of aromatic amines is 1. The normalized spacial score (nSPS) is 25.5. The van der Waals surface area contributed by atoms with E-state index in [4.69, 9.17) is 4.74 Å². The second-order valence-corrected chi connectivity index (χ2v) is 12.0. The zero-order valence-electron chi connectivity index (χ0n) is 22.4. The molecule has 0 aliphatic heterocycles. The van der Waals surface area contributed by atoms with Crippen LogP contribution in [0.3, 0.4) is 0 Å². The summed E-state index contributed by atoms with van der Waals surface area (Å²) in [6, 6.07) is 18.1. The summed E-state index contributed by atoms with van der Waals surface area (Å²) < 4.78 is 6.07. The minimum atomic E-state index is -1.17. The summed E-state index contributed by atoms with van der Waals surface area (Å²) in [7, 11) is 0. The van der Waals surface area contributed by atoms with E-state index in [1.54, 1.807) is 6.92 Å². The molecular weight excluding hydrogens is 462 g/mol. The molecule has 1 unspecified atom stereocenters. The van der Waals surface area contributed by atoms with Crippen molar-refractivity contribution < 1.29 is 14.3 Å². The highest BCUT2D eigenvalue weighted by molar-refractivity contribution is 5.91. The molecule has 3 aromatic rings. The van der Waals surface area contributed by atoms with Crippen LogP contribution in [-0.4, -0.2) is 35.2 Å². The van der Waals surface area contributed by atoms with Crippen molar-refractivity contribution in [1.82, 2.24) is 15.6 Å². The minimum Gasteiger partial charge on any atom is -0.446 e. The molecule has 0 saturated heterocycles. The number of hydrogen-bond donors (Lipinski definition) is 3. The number of benzene rings is 2. The van der Waals surface area contributed by atoms with E-state index in [-0.39, 0.29) is 22.8 Å². The van der Waals surface area contributed by atoms with Gasteiger partial charge in [-0.3, -0.25) is 4.79 Å². The van der Waals surface area contributed by atoms with Crippen molar-refractivity contribution in [2.24, 2.45) is 16.7 Å². The fourth-order valence-corrected chi connectivity index (χ4v) is 6.69. The minimum absolute atomic E-state index is 0.0415. The molecule has 4 atom stereocenters. The van der Waals surface area contributed by atoms with Crippen LogP contribution in [0.25, 0.3) is 10.9 Å². The van der Waals surface area contributed by atoms with Gasteiger partial charge < -0.3 is 20.4 Å². The standard InChI is InChI=1S/C31H39N3O3/c1-29(2)23-14-16-30(29,3)26(18-23)37-28(36)34-31(4,19-22-20-33-25-13-9-8-12-24(22)25)27(35)32-17-15-21-10-6-5-7-11-21/h5-13,20,23,26,33H,14-19H2,1-4H3,(H,32,35)(H,34,36)/t23-,26-,30+,31?/m1/s1. The van der Waals surface area contributed by atoms with Crippen molar-refractivity contribution in [3.63, 3.8) is 0 Å². The number of aromatic nitrogens is 1. The Morgan fingerprint density at radius 2 is 1.81 bits per heavy atom. The number of H-pyrrole nitrogens is 1. The third-order valence-corrected chi connectivity index (χ3v) is 9.60. The van der Waals surface area contributed by atoms with Crippen molar-refractivity contribution in [3.8, 4) is 0 Å². The van der Waals surface area contributed by atoms with Crippen LogP contribution >= 0.6 is 0 Å². The Balaban J connectivity index is 1.32. The summed E-state index contributed by atoms with van der Waals surface area (Å²) in [5.74, 6) is 0.347. The highest BCUT2D eigenvalue weighted by Crippen LogP contribution is 2.66. The molecule has 2 bridgehead atoms. The molecule has 0 radical (unpaired) electrons. The van der Waals surface area contributed by atoms with E-state index in [0.29, 0.717) is 18.9 Å². The lowest BCUT2D eigenvalue weighted by molar-refractivity contribution is -0.127. The van der Waals surface area contributed by atoms with Gasteiger partial charge in [0.25, 0.3) is 0 Å². The topological polar surface area (TPSA) is 83.2 Å². The number of para-hydroxylation sites is 1. The van der Waals surface area contributed by atoms with Crippen LogP contribution in [-0.2, 0) is 22.4 Å². The monoisotopic (exact) mass is 501 g/mol. The predicted molar refractivity (Wildman–Crippen MR) is 146 cm³/mol. The lowest BCUT2D eigenvalue weighted by Gasteiger charge is -2.39. The molecule has 2 aromatic carbocycles. The van der Waals surface area contributed by atoms with Crippen molar-refractivity contribution in [3.05, 3.63) is 71.9 Å². The number of alkyl carbamates (subject to hydrolysis) is 1. The maximum absolute atomic E-state index is 13.6. The summed E-state index contributed by atoms with van der Waals surface area (Å²) in [5.41, 5.74) is 2.06. The van der Waals surface area contributed by atoms with E-state index in [2.05, 4.69) is 36.4 Å². The smallest absolute Gasteiger partial charge is 0.408 e. The van der Waals surface area contributed by atoms with Gasteiger partial charge >= 0.3 is 6.09 Å². The first-order valence-corrected chi connectivity index (χ1v) is 13.5. The molecule has 0 spiro atoms. The third kappa shape index (κ3) is 4.62. The van der Waals surface area contributed by atoms with Crippen LogP contribution in [0.4, 0.5) is 4.79 Å². The lowest BCUT2D eigenvalue weighted by atomic mass is 9.70. The summed E-state index contributed by atoms with van der Waals surface area (Å²) in [4.78, 5) is 30.2. The van der Waals surface area contributed by atoms with Gasteiger partial charge in [-0.1, -0.05) is 69.3 Å². The highest BCUT2D eigenvalue weighted by atomic mass is 16.6. The Kier molecular flexibility index (Phi) is 6.55. The number of hydrogen-bond acceptors (Lipinski definition) is 3. The molecule has 1 heterocycles. The summed E-state index contributed by atoms with van der Waals surface area (Å²) in [6.45, 7) is 9.12. The summed E-state index contributed by atoms with van der Waals surface area (Å²) in [6.07, 6.45) is 5.47. The quantitative estimate of drug-likeness (QED) is 0.366. The molecule has 37 heavy (non-hydrogen) atoms. The van der Waals surface area contributed by atoms with Crippen molar-refractivity contribution in [1.29, 1.82) is 0 Å². The van der Waals surface area contributed by atoms with Crippen molar-refractivity contribution in [2.75, 3.05) is 6.54 Å². The molecular formula is C31H39N3O3. The number of fused-ring (bicyclic) bond motifs is 3. The van der Waals surface area contributed by atoms with Crippen LogP contribution in [0.1, 0.15) is 58.1 Å². The molecule has 3 N–H and O–H groups in total. The van der Waals surface area contributed by atoms with Crippen LogP contribution in [0, 0.1) is 16.7 Å². The van der Waals surface area contributed by atoms with E-state index in [1.807, 2.05) is 60.8 Å². The molecule has 196 valence electrons. The number of nitrogens with one attached hydrogen (secondary N) is 3. The Morgan fingerprint density at radius 1 is 1.08 bits per heavy atom. The first-order valence-electron chi connectivity index (χ1n) is 13.5. The first-order chi connectivity index (χ1) is 17.6. The van der Waals surface area contributed by atoms with Crippen LogP contribution in [0.15, 0.2) is 60.8 Å². The highest BCUT2D eigenvalue weighted by Gasteiger charge is 2.63. The summed E-state index contributed by atoms with van der Waals surface area (Å²) >= 11 is 0. The molecule has 1 aromatic heterocycles. The molecule has 2 fully saturated rings. The van der Waals surface area contributed by atoms with E-state index in [1.165, 1.54) is 6.42 Å². The molecule has 6 heteroatoms. The molecule has 2 aliphatic rings. The van der Waals surface area contributed by atoms with Gasteiger partial charge in [0.2, 0.25) is 5.91 Å². The first kappa shape index (κ1) is 25.4. The van der Waals surface area contributed by atoms with Gasteiger partial charge in [0.05, 0.1) is 0 Å². The van der Waals surface area contributed by atoms with Gasteiger partial charge in [0, 0.05) is 35.5 Å². The average molecular weight is 502 g/mol. The zero-order valence-corrected chi connectivity index (χ0v) is 22.4.